The second kappa shape index (κ2) is 8.20. The monoisotopic (exact) mass is 404 g/mol. The number of piperazine rings is 1. The van der Waals surface area contributed by atoms with Crippen LogP contribution in [0.4, 0.5) is 0 Å². The van der Waals surface area contributed by atoms with Crippen LogP contribution in [0, 0.1) is 6.92 Å². The van der Waals surface area contributed by atoms with Crippen molar-refractivity contribution in [2.24, 2.45) is 0 Å². The average Bonchev–Trinajstić information content (AvgIpc) is 2.73. The molecule has 1 aliphatic rings. The molecule has 1 fully saturated rings. The number of ether oxygens (including phenoxy) is 2. The SMILES string of the molecule is COc1ccc(S(=O)(=O)N2CCN(C(=O)c3ccc(C)cc3)CC2)cc1OC. The Balaban J connectivity index is 1.71. The Bertz CT molecular complexity index is 949. The Morgan fingerprint density at radius 1 is 0.893 bits per heavy atom. The summed E-state index contributed by atoms with van der Waals surface area (Å²) in [6.45, 7) is 3.15. The third kappa shape index (κ3) is 3.98. The van der Waals surface area contributed by atoms with Crippen molar-refractivity contribution in [3.05, 3.63) is 53.6 Å². The number of aryl methyl sites for hydroxylation is 1. The van der Waals surface area contributed by atoms with Crippen molar-refractivity contribution in [2.75, 3.05) is 40.4 Å². The fraction of sp³-hybridized carbons (Fsp3) is 0.350. The molecule has 0 atom stereocenters. The molecular weight excluding hydrogens is 380 g/mol. The van der Waals surface area contributed by atoms with Crippen molar-refractivity contribution >= 4 is 15.9 Å². The van der Waals surface area contributed by atoms with Gasteiger partial charge in [-0.1, -0.05) is 17.7 Å². The number of carbonyl (C=O) groups is 1. The Hall–Kier alpha value is -2.58. The normalized spacial score (nSPS) is 15.3. The molecule has 150 valence electrons. The van der Waals surface area contributed by atoms with Crippen molar-refractivity contribution < 1.29 is 22.7 Å². The molecule has 3 rings (SSSR count). The second-order valence-corrected chi connectivity index (χ2v) is 8.52. The topological polar surface area (TPSA) is 76.2 Å². The summed E-state index contributed by atoms with van der Waals surface area (Å²) in [6.07, 6.45) is 0. The lowest BCUT2D eigenvalue weighted by molar-refractivity contribution is 0.0698. The van der Waals surface area contributed by atoms with E-state index in [9.17, 15) is 13.2 Å². The van der Waals surface area contributed by atoms with Crippen LogP contribution in [-0.2, 0) is 10.0 Å². The predicted molar refractivity (Wildman–Crippen MR) is 105 cm³/mol. The van der Waals surface area contributed by atoms with Gasteiger partial charge in [-0.25, -0.2) is 8.42 Å². The summed E-state index contributed by atoms with van der Waals surface area (Å²) in [7, 11) is -0.721. The highest BCUT2D eigenvalue weighted by molar-refractivity contribution is 7.89. The van der Waals surface area contributed by atoms with Crippen LogP contribution < -0.4 is 9.47 Å². The predicted octanol–water partition coefficient (Wildman–Crippen LogP) is 2.16. The summed E-state index contributed by atoms with van der Waals surface area (Å²) in [5.74, 6) is 0.745. The number of rotatable bonds is 5. The minimum atomic E-state index is -3.68. The fourth-order valence-electron chi connectivity index (χ4n) is 3.14. The summed E-state index contributed by atoms with van der Waals surface area (Å²) < 4.78 is 37.7. The van der Waals surface area contributed by atoms with E-state index in [0.29, 0.717) is 30.2 Å². The molecule has 1 amide bonds. The van der Waals surface area contributed by atoms with Crippen LogP contribution in [0.5, 0.6) is 11.5 Å². The van der Waals surface area contributed by atoms with Crippen LogP contribution in [0.2, 0.25) is 0 Å². The molecule has 0 radical (unpaired) electrons. The molecule has 0 aliphatic carbocycles. The Morgan fingerprint density at radius 3 is 2.07 bits per heavy atom. The first-order valence-electron chi connectivity index (χ1n) is 8.95. The van der Waals surface area contributed by atoms with Gasteiger partial charge in [0, 0.05) is 37.8 Å². The lowest BCUT2D eigenvalue weighted by Gasteiger charge is -2.34. The minimum absolute atomic E-state index is 0.0804. The maximum absolute atomic E-state index is 13.0. The van der Waals surface area contributed by atoms with Crippen molar-refractivity contribution in [3.63, 3.8) is 0 Å². The van der Waals surface area contributed by atoms with E-state index in [1.165, 1.54) is 30.7 Å². The van der Waals surface area contributed by atoms with Crippen LogP contribution in [-0.4, -0.2) is 63.9 Å². The van der Waals surface area contributed by atoms with Crippen LogP contribution >= 0.6 is 0 Å². The highest BCUT2D eigenvalue weighted by Gasteiger charge is 2.31. The largest absolute Gasteiger partial charge is 0.493 e. The first-order valence-corrected chi connectivity index (χ1v) is 10.4. The fourth-order valence-corrected chi connectivity index (χ4v) is 4.57. The van der Waals surface area contributed by atoms with E-state index in [0.717, 1.165) is 5.56 Å². The summed E-state index contributed by atoms with van der Waals surface area (Å²) in [4.78, 5) is 14.4. The number of hydrogen-bond acceptors (Lipinski definition) is 5. The zero-order chi connectivity index (χ0) is 20.3. The number of hydrogen-bond donors (Lipinski definition) is 0. The molecule has 2 aromatic carbocycles. The van der Waals surface area contributed by atoms with E-state index in [1.807, 2.05) is 19.1 Å². The van der Waals surface area contributed by atoms with Crippen LogP contribution in [0.3, 0.4) is 0 Å². The zero-order valence-electron chi connectivity index (χ0n) is 16.2. The summed E-state index contributed by atoms with van der Waals surface area (Å²) >= 11 is 0. The van der Waals surface area contributed by atoms with Gasteiger partial charge in [0.05, 0.1) is 19.1 Å². The maximum Gasteiger partial charge on any atom is 0.253 e. The first-order chi connectivity index (χ1) is 13.4. The number of carbonyl (C=O) groups excluding carboxylic acids is 1. The maximum atomic E-state index is 13.0. The smallest absolute Gasteiger partial charge is 0.253 e. The minimum Gasteiger partial charge on any atom is -0.493 e. The lowest BCUT2D eigenvalue weighted by atomic mass is 10.1. The van der Waals surface area contributed by atoms with E-state index in [-0.39, 0.29) is 23.9 Å². The highest BCUT2D eigenvalue weighted by Crippen LogP contribution is 2.31. The molecule has 8 heteroatoms. The first kappa shape index (κ1) is 20.2. The van der Waals surface area contributed by atoms with Gasteiger partial charge in [0.15, 0.2) is 11.5 Å². The summed E-state index contributed by atoms with van der Waals surface area (Å²) in [5, 5.41) is 0. The van der Waals surface area contributed by atoms with Gasteiger partial charge in [0.25, 0.3) is 5.91 Å². The average molecular weight is 404 g/mol. The molecule has 0 bridgehead atoms. The molecule has 0 aromatic heterocycles. The van der Waals surface area contributed by atoms with Crippen LogP contribution in [0.25, 0.3) is 0 Å². The zero-order valence-corrected chi connectivity index (χ0v) is 17.0. The van der Waals surface area contributed by atoms with Crippen molar-refractivity contribution in [1.29, 1.82) is 0 Å². The molecule has 0 N–H and O–H groups in total. The molecule has 0 saturated carbocycles. The van der Waals surface area contributed by atoms with E-state index in [4.69, 9.17) is 9.47 Å². The number of amides is 1. The third-order valence-electron chi connectivity index (χ3n) is 4.82. The van der Waals surface area contributed by atoms with E-state index in [2.05, 4.69) is 0 Å². The van der Waals surface area contributed by atoms with E-state index in [1.54, 1.807) is 23.1 Å². The molecule has 28 heavy (non-hydrogen) atoms. The van der Waals surface area contributed by atoms with Gasteiger partial charge >= 0.3 is 0 Å². The third-order valence-corrected chi connectivity index (χ3v) is 6.71. The number of benzene rings is 2. The number of methoxy groups -OCH3 is 2. The molecule has 2 aromatic rings. The van der Waals surface area contributed by atoms with Crippen molar-refractivity contribution in [1.82, 2.24) is 9.21 Å². The van der Waals surface area contributed by atoms with Gasteiger partial charge in [-0.15, -0.1) is 0 Å². The summed E-state index contributed by atoms with van der Waals surface area (Å²) in [5.41, 5.74) is 1.70. The quantitative estimate of drug-likeness (QED) is 0.763. The standard InChI is InChI=1S/C20H24N2O5S/c1-15-4-6-16(7-5-15)20(23)21-10-12-22(13-11-21)28(24,25)17-8-9-18(26-2)19(14-17)27-3/h4-9,14H,10-13H2,1-3H3. The van der Waals surface area contributed by atoms with Crippen LogP contribution in [0.15, 0.2) is 47.4 Å². The van der Waals surface area contributed by atoms with Crippen LogP contribution in [0.1, 0.15) is 15.9 Å². The van der Waals surface area contributed by atoms with Gasteiger partial charge in [-0.3, -0.25) is 4.79 Å². The molecule has 7 nitrogen and oxygen atoms in total. The van der Waals surface area contributed by atoms with Gasteiger partial charge in [-0.2, -0.15) is 4.31 Å². The Morgan fingerprint density at radius 2 is 1.50 bits per heavy atom. The molecule has 1 heterocycles. The van der Waals surface area contributed by atoms with Crippen molar-refractivity contribution in [2.45, 2.75) is 11.8 Å². The molecule has 0 unspecified atom stereocenters. The molecular formula is C20H24N2O5S. The molecule has 1 saturated heterocycles. The highest BCUT2D eigenvalue weighted by atomic mass is 32.2. The van der Waals surface area contributed by atoms with Gasteiger partial charge < -0.3 is 14.4 Å². The summed E-state index contributed by atoms with van der Waals surface area (Å²) in [6, 6.07) is 11.9. The molecule has 1 aliphatic heterocycles. The lowest BCUT2D eigenvalue weighted by Crippen LogP contribution is -2.50. The van der Waals surface area contributed by atoms with E-state index < -0.39 is 10.0 Å². The van der Waals surface area contributed by atoms with Crippen molar-refractivity contribution in [3.8, 4) is 11.5 Å². The number of nitrogens with zero attached hydrogens (tertiary/aromatic N) is 2. The Labute approximate surface area is 165 Å². The number of sulfonamides is 1. The van der Waals surface area contributed by atoms with Gasteiger partial charge in [0.2, 0.25) is 10.0 Å². The van der Waals surface area contributed by atoms with Gasteiger partial charge in [-0.05, 0) is 31.2 Å². The van der Waals surface area contributed by atoms with Gasteiger partial charge in [0.1, 0.15) is 0 Å². The van der Waals surface area contributed by atoms with E-state index >= 15 is 0 Å². The molecule has 0 spiro atoms. The second-order valence-electron chi connectivity index (χ2n) is 6.58. The Kier molecular flexibility index (Phi) is 5.90.